The maximum atomic E-state index is 11.4. The molecule has 0 heterocycles. The van der Waals surface area contributed by atoms with E-state index in [9.17, 15) is 4.39 Å². The van der Waals surface area contributed by atoms with Crippen molar-refractivity contribution in [1.29, 1.82) is 0 Å². The van der Waals surface area contributed by atoms with Crippen LogP contribution in [-0.4, -0.2) is 6.21 Å². The molecule has 0 amide bonds. The first-order valence-electron chi connectivity index (χ1n) is 1.76. The first-order valence-corrected chi connectivity index (χ1v) is 1.76. The standard InChI is InChI=1S/C4H6FNO/c1-3-6-7-4(2)5/h3H,2H2,1H3/b6-3-. The van der Waals surface area contributed by atoms with Crippen molar-refractivity contribution in [2.75, 3.05) is 0 Å². The van der Waals surface area contributed by atoms with Crippen LogP contribution in [0.3, 0.4) is 0 Å². The van der Waals surface area contributed by atoms with Crippen molar-refractivity contribution in [3.8, 4) is 0 Å². The smallest absolute Gasteiger partial charge is 0.297 e. The molecule has 0 bridgehead atoms. The van der Waals surface area contributed by atoms with Gasteiger partial charge < -0.3 is 4.84 Å². The van der Waals surface area contributed by atoms with E-state index in [1.165, 1.54) is 6.21 Å². The summed E-state index contributed by atoms with van der Waals surface area (Å²) >= 11 is 0. The Morgan fingerprint density at radius 3 is 2.71 bits per heavy atom. The first-order chi connectivity index (χ1) is 3.27. The van der Waals surface area contributed by atoms with Crippen LogP contribution in [0.4, 0.5) is 4.39 Å². The molecule has 0 aliphatic rings. The summed E-state index contributed by atoms with van der Waals surface area (Å²) in [6.45, 7) is 4.40. The number of hydrogen-bond donors (Lipinski definition) is 0. The normalized spacial score (nSPS) is 9.43. The van der Waals surface area contributed by atoms with Gasteiger partial charge in [-0.15, -0.1) is 0 Å². The molecule has 2 nitrogen and oxygen atoms in total. The lowest BCUT2D eigenvalue weighted by molar-refractivity contribution is 0.158. The van der Waals surface area contributed by atoms with Gasteiger partial charge in [0.05, 0.1) is 0 Å². The fourth-order valence-corrected chi connectivity index (χ4v) is 0.110. The zero-order valence-corrected chi connectivity index (χ0v) is 4.02. The van der Waals surface area contributed by atoms with Crippen LogP contribution in [0.15, 0.2) is 17.7 Å². The number of halogens is 1. The molecular formula is C4H6FNO. The van der Waals surface area contributed by atoms with E-state index in [4.69, 9.17) is 0 Å². The molecule has 0 aromatic rings. The van der Waals surface area contributed by atoms with Crippen LogP contribution < -0.4 is 0 Å². The molecule has 0 N–H and O–H groups in total. The fourth-order valence-electron chi connectivity index (χ4n) is 0.110. The Morgan fingerprint density at radius 2 is 2.57 bits per heavy atom. The third kappa shape index (κ3) is 5.14. The molecule has 0 unspecified atom stereocenters. The molecular weight excluding hydrogens is 97.0 g/mol. The van der Waals surface area contributed by atoms with E-state index in [0.29, 0.717) is 0 Å². The average molecular weight is 103 g/mol. The topological polar surface area (TPSA) is 21.6 Å². The lowest BCUT2D eigenvalue weighted by Crippen LogP contribution is -1.71. The quantitative estimate of drug-likeness (QED) is 0.294. The van der Waals surface area contributed by atoms with Crippen molar-refractivity contribution >= 4 is 6.21 Å². The fraction of sp³-hybridized carbons (Fsp3) is 0.250. The Labute approximate surface area is 41.3 Å². The number of nitrogens with zero attached hydrogens (tertiary/aromatic N) is 1. The third-order valence-electron chi connectivity index (χ3n) is 0.257. The van der Waals surface area contributed by atoms with Gasteiger partial charge in [-0.25, -0.2) is 0 Å². The molecule has 3 heteroatoms. The molecule has 7 heavy (non-hydrogen) atoms. The summed E-state index contributed by atoms with van der Waals surface area (Å²) in [5, 5.41) is 3.07. The summed E-state index contributed by atoms with van der Waals surface area (Å²) in [4.78, 5) is 3.90. The molecule has 0 fully saturated rings. The number of hydrogen-bond acceptors (Lipinski definition) is 2. The molecule has 0 aromatic heterocycles. The van der Waals surface area contributed by atoms with Gasteiger partial charge in [-0.3, -0.25) is 0 Å². The Bertz CT molecular complexity index is 89.7. The average Bonchev–Trinajstić information content (AvgIpc) is 1.61. The highest BCUT2D eigenvalue weighted by molar-refractivity contribution is 5.52. The monoisotopic (exact) mass is 103 g/mol. The third-order valence-corrected chi connectivity index (χ3v) is 0.257. The number of rotatable bonds is 2. The minimum atomic E-state index is -0.891. The second kappa shape index (κ2) is 3.33. The lowest BCUT2D eigenvalue weighted by atomic mass is 10.9. The summed E-state index contributed by atoms with van der Waals surface area (Å²) in [5.74, 6) is 0. The van der Waals surface area contributed by atoms with Crippen LogP contribution >= 0.6 is 0 Å². The van der Waals surface area contributed by atoms with E-state index in [1.807, 2.05) is 0 Å². The molecule has 0 aliphatic heterocycles. The summed E-state index contributed by atoms with van der Waals surface area (Å²) in [6.07, 6.45) is 1.32. The van der Waals surface area contributed by atoms with E-state index in [0.717, 1.165) is 0 Å². The second-order valence-corrected chi connectivity index (χ2v) is 0.810. The molecule has 0 aromatic carbocycles. The maximum Gasteiger partial charge on any atom is 0.297 e. The van der Waals surface area contributed by atoms with Crippen LogP contribution in [0, 0.1) is 0 Å². The van der Waals surface area contributed by atoms with Crippen LogP contribution in [0.5, 0.6) is 0 Å². The van der Waals surface area contributed by atoms with E-state index in [2.05, 4.69) is 16.6 Å². The Balaban J connectivity index is 3.14. The van der Waals surface area contributed by atoms with Gasteiger partial charge >= 0.3 is 0 Å². The molecule has 0 rings (SSSR count). The molecule has 0 spiro atoms. The zero-order valence-electron chi connectivity index (χ0n) is 4.02. The highest BCUT2D eigenvalue weighted by Gasteiger charge is 1.79. The highest BCUT2D eigenvalue weighted by atomic mass is 19.1. The van der Waals surface area contributed by atoms with Gasteiger partial charge in [0.1, 0.15) is 0 Å². The SMILES string of the molecule is C=C(F)O/N=C\C. The minimum Gasteiger partial charge on any atom is -0.327 e. The first kappa shape index (κ1) is 6.14. The summed E-state index contributed by atoms with van der Waals surface area (Å²) in [5.41, 5.74) is 0. The Morgan fingerprint density at radius 1 is 2.00 bits per heavy atom. The molecule has 0 atom stereocenters. The van der Waals surface area contributed by atoms with Gasteiger partial charge in [0.15, 0.2) is 0 Å². The van der Waals surface area contributed by atoms with Gasteiger partial charge in [-0.2, -0.15) is 4.39 Å². The van der Waals surface area contributed by atoms with Crippen LogP contribution in [0.2, 0.25) is 0 Å². The summed E-state index contributed by atoms with van der Waals surface area (Å²) in [6, 6.07) is -0.891. The number of oxime groups is 1. The van der Waals surface area contributed by atoms with Gasteiger partial charge in [0.2, 0.25) is 0 Å². The Hall–Kier alpha value is -0.860. The van der Waals surface area contributed by atoms with Gasteiger partial charge in [-0.1, -0.05) is 5.16 Å². The van der Waals surface area contributed by atoms with E-state index >= 15 is 0 Å². The Kier molecular flexibility index (Phi) is 2.92. The van der Waals surface area contributed by atoms with Crippen LogP contribution in [0.25, 0.3) is 0 Å². The molecule has 0 saturated carbocycles. The predicted octanol–water partition coefficient (Wildman–Crippen LogP) is 1.45. The van der Waals surface area contributed by atoms with Crippen molar-refractivity contribution < 1.29 is 9.23 Å². The highest BCUT2D eigenvalue weighted by Crippen LogP contribution is 1.91. The van der Waals surface area contributed by atoms with Crippen LogP contribution in [0.1, 0.15) is 6.92 Å². The van der Waals surface area contributed by atoms with Gasteiger partial charge in [0.25, 0.3) is 6.01 Å². The van der Waals surface area contributed by atoms with Gasteiger partial charge in [0, 0.05) is 6.21 Å². The maximum absolute atomic E-state index is 11.4. The van der Waals surface area contributed by atoms with Crippen molar-refractivity contribution in [3.05, 3.63) is 12.6 Å². The summed E-state index contributed by atoms with van der Waals surface area (Å²) < 4.78 is 11.4. The second-order valence-electron chi connectivity index (χ2n) is 0.810. The van der Waals surface area contributed by atoms with E-state index in [-0.39, 0.29) is 0 Å². The lowest BCUT2D eigenvalue weighted by Gasteiger charge is -1.84. The van der Waals surface area contributed by atoms with Crippen molar-refractivity contribution in [3.63, 3.8) is 0 Å². The zero-order chi connectivity index (χ0) is 5.70. The molecule has 0 saturated heterocycles. The van der Waals surface area contributed by atoms with Gasteiger partial charge in [-0.05, 0) is 13.5 Å². The van der Waals surface area contributed by atoms with E-state index in [1.54, 1.807) is 6.92 Å². The predicted molar refractivity (Wildman–Crippen MR) is 25.5 cm³/mol. The minimum absolute atomic E-state index is 0.891. The van der Waals surface area contributed by atoms with Crippen molar-refractivity contribution in [1.82, 2.24) is 0 Å². The van der Waals surface area contributed by atoms with Crippen molar-refractivity contribution in [2.45, 2.75) is 6.92 Å². The molecule has 0 radical (unpaired) electrons. The summed E-state index contributed by atoms with van der Waals surface area (Å²) in [7, 11) is 0. The molecule has 40 valence electrons. The van der Waals surface area contributed by atoms with E-state index < -0.39 is 6.01 Å². The van der Waals surface area contributed by atoms with Crippen molar-refractivity contribution in [2.24, 2.45) is 5.16 Å². The molecule has 0 aliphatic carbocycles. The van der Waals surface area contributed by atoms with Crippen LogP contribution in [-0.2, 0) is 4.84 Å². The largest absolute Gasteiger partial charge is 0.327 e.